The van der Waals surface area contributed by atoms with Gasteiger partial charge < -0.3 is 10.0 Å². The number of hydrogen-bond acceptors (Lipinski definition) is 3. The lowest BCUT2D eigenvalue weighted by Gasteiger charge is -2.52. The molecule has 0 aromatic heterocycles. The number of rotatable bonds is 4. The lowest BCUT2D eigenvalue weighted by Crippen LogP contribution is -2.64. The molecule has 1 aliphatic heterocycles. The van der Waals surface area contributed by atoms with Crippen LogP contribution in [0, 0.1) is 0 Å². The molecule has 1 rings (SSSR count). The fourth-order valence-corrected chi connectivity index (χ4v) is 2.90. The van der Waals surface area contributed by atoms with Gasteiger partial charge in [0.1, 0.15) is 0 Å². The van der Waals surface area contributed by atoms with Gasteiger partial charge >= 0.3 is 0 Å². The molecule has 0 aromatic rings. The molecule has 0 spiro atoms. The van der Waals surface area contributed by atoms with Crippen LogP contribution in [0.15, 0.2) is 0 Å². The first-order valence-electron chi connectivity index (χ1n) is 6.50. The SMILES string of the molecule is CCC(C)N1CC(CCO)N(C)CC1(C)C. The summed E-state index contributed by atoms with van der Waals surface area (Å²) < 4.78 is 0. The molecule has 3 heteroatoms. The monoisotopic (exact) mass is 228 g/mol. The number of aliphatic hydroxyl groups excluding tert-OH is 1. The summed E-state index contributed by atoms with van der Waals surface area (Å²) >= 11 is 0. The second-order valence-electron chi connectivity index (χ2n) is 5.80. The summed E-state index contributed by atoms with van der Waals surface area (Å²) in [5.74, 6) is 0. The van der Waals surface area contributed by atoms with Crippen LogP contribution in [0.3, 0.4) is 0 Å². The highest BCUT2D eigenvalue weighted by Gasteiger charge is 2.38. The predicted molar refractivity (Wildman–Crippen MR) is 68.7 cm³/mol. The van der Waals surface area contributed by atoms with E-state index in [1.807, 2.05) is 0 Å². The van der Waals surface area contributed by atoms with E-state index in [0.29, 0.717) is 18.7 Å². The van der Waals surface area contributed by atoms with Crippen molar-refractivity contribution >= 4 is 0 Å². The van der Waals surface area contributed by atoms with Crippen LogP contribution in [0.5, 0.6) is 0 Å². The topological polar surface area (TPSA) is 26.7 Å². The van der Waals surface area contributed by atoms with Crippen molar-refractivity contribution in [3.63, 3.8) is 0 Å². The molecule has 1 aliphatic rings. The minimum atomic E-state index is 0.246. The van der Waals surface area contributed by atoms with Gasteiger partial charge in [-0.2, -0.15) is 0 Å². The maximum absolute atomic E-state index is 9.10. The quantitative estimate of drug-likeness (QED) is 0.791. The molecule has 16 heavy (non-hydrogen) atoms. The van der Waals surface area contributed by atoms with E-state index < -0.39 is 0 Å². The second-order valence-corrected chi connectivity index (χ2v) is 5.80. The Bertz CT molecular complexity index is 218. The van der Waals surface area contributed by atoms with Crippen LogP contribution in [0.25, 0.3) is 0 Å². The number of aliphatic hydroxyl groups is 1. The van der Waals surface area contributed by atoms with E-state index in [-0.39, 0.29) is 5.54 Å². The average Bonchev–Trinajstić information content (AvgIpc) is 2.20. The first-order valence-corrected chi connectivity index (χ1v) is 6.50. The van der Waals surface area contributed by atoms with Crippen LogP contribution in [0.2, 0.25) is 0 Å². The third-order valence-corrected chi connectivity index (χ3v) is 4.03. The molecule has 3 nitrogen and oxygen atoms in total. The van der Waals surface area contributed by atoms with Crippen molar-refractivity contribution in [3.8, 4) is 0 Å². The summed E-state index contributed by atoms with van der Waals surface area (Å²) in [4.78, 5) is 5.00. The fourth-order valence-electron chi connectivity index (χ4n) is 2.90. The summed E-state index contributed by atoms with van der Waals surface area (Å²) in [5, 5.41) is 9.10. The summed E-state index contributed by atoms with van der Waals surface area (Å²) in [6.45, 7) is 11.7. The number of hydrogen-bond donors (Lipinski definition) is 1. The van der Waals surface area contributed by atoms with Crippen LogP contribution in [0.1, 0.15) is 40.5 Å². The van der Waals surface area contributed by atoms with Crippen LogP contribution >= 0.6 is 0 Å². The summed E-state index contributed by atoms with van der Waals surface area (Å²) in [6, 6.07) is 1.14. The van der Waals surface area contributed by atoms with Gasteiger partial charge in [0, 0.05) is 37.3 Å². The van der Waals surface area contributed by atoms with Crippen molar-refractivity contribution in [3.05, 3.63) is 0 Å². The Hall–Kier alpha value is -0.120. The van der Waals surface area contributed by atoms with Gasteiger partial charge in [-0.05, 0) is 40.7 Å². The van der Waals surface area contributed by atoms with Crippen LogP contribution in [0.4, 0.5) is 0 Å². The van der Waals surface area contributed by atoms with E-state index in [0.717, 1.165) is 19.5 Å². The molecule has 0 amide bonds. The molecule has 0 bridgehead atoms. The van der Waals surface area contributed by atoms with Crippen molar-refractivity contribution in [2.75, 3.05) is 26.7 Å². The van der Waals surface area contributed by atoms with Crippen molar-refractivity contribution in [1.29, 1.82) is 0 Å². The molecule has 1 N–H and O–H groups in total. The lowest BCUT2D eigenvalue weighted by molar-refractivity contribution is -0.0348. The average molecular weight is 228 g/mol. The Balaban J connectivity index is 2.73. The van der Waals surface area contributed by atoms with Gasteiger partial charge in [0.05, 0.1) is 0 Å². The van der Waals surface area contributed by atoms with Gasteiger partial charge in [0.2, 0.25) is 0 Å². The maximum Gasteiger partial charge on any atom is 0.0446 e. The van der Waals surface area contributed by atoms with Gasteiger partial charge in [-0.25, -0.2) is 0 Å². The maximum atomic E-state index is 9.10. The Kier molecular flexibility index (Phi) is 4.77. The molecule has 0 aliphatic carbocycles. The van der Waals surface area contributed by atoms with Crippen molar-refractivity contribution in [1.82, 2.24) is 9.80 Å². The first-order chi connectivity index (χ1) is 7.42. The zero-order valence-corrected chi connectivity index (χ0v) is 11.5. The number of likely N-dealkylation sites (N-methyl/N-ethyl adjacent to an activating group) is 1. The standard InChI is InChI=1S/C13H28N2O/c1-6-11(2)15-9-12(7-8-16)14(5)10-13(15,3)4/h11-12,16H,6-10H2,1-5H3. The number of piperazine rings is 1. The first kappa shape index (κ1) is 13.9. The van der Waals surface area contributed by atoms with E-state index in [1.54, 1.807) is 0 Å². The molecular weight excluding hydrogens is 200 g/mol. The third-order valence-electron chi connectivity index (χ3n) is 4.03. The van der Waals surface area contributed by atoms with E-state index in [1.165, 1.54) is 6.42 Å². The predicted octanol–water partition coefficient (Wildman–Crippen LogP) is 1.56. The third kappa shape index (κ3) is 2.96. The van der Waals surface area contributed by atoms with E-state index in [2.05, 4.69) is 44.5 Å². The molecule has 0 aromatic carbocycles. The largest absolute Gasteiger partial charge is 0.396 e. The van der Waals surface area contributed by atoms with Gasteiger partial charge in [-0.1, -0.05) is 6.92 Å². The van der Waals surface area contributed by atoms with E-state index in [9.17, 15) is 0 Å². The minimum Gasteiger partial charge on any atom is -0.396 e. The van der Waals surface area contributed by atoms with Gasteiger partial charge in [0.15, 0.2) is 0 Å². The summed E-state index contributed by atoms with van der Waals surface area (Å²) in [6.07, 6.45) is 2.08. The molecule has 2 atom stereocenters. The van der Waals surface area contributed by atoms with Crippen LogP contribution < -0.4 is 0 Å². The Labute approximate surface area is 100 Å². The second kappa shape index (κ2) is 5.48. The normalized spacial score (nSPS) is 29.2. The molecule has 1 saturated heterocycles. The highest BCUT2D eigenvalue weighted by atomic mass is 16.3. The summed E-state index contributed by atoms with van der Waals surface area (Å²) in [5.41, 5.74) is 0.246. The van der Waals surface area contributed by atoms with E-state index in [4.69, 9.17) is 5.11 Å². The molecule has 1 heterocycles. The molecule has 1 fully saturated rings. The highest BCUT2D eigenvalue weighted by Crippen LogP contribution is 2.27. The Morgan fingerprint density at radius 2 is 2.06 bits per heavy atom. The molecule has 96 valence electrons. The molecule has 0 radical (unpaired) electrons. The molecular formula is C13H28N2O. The van der Waals surface area contributed by atoms with Gasteiger partial charge in [-0.15, -0.1) is 0 Å². The summed E-state index contributed by atoms with van der Waals surface area (Å²) in [7, 11) is 2.18. The van der Waals surface area contributed by atoms with Crippen LogP contribution in [-0.2, 0) is 0 Å². The molecule has 2 unspecified atom stereocenters. The van der Waals surface area contributed by atoms with Crippen molar-refractivity contribution in [2.45, 2.75) is 58.2 Å². The Morgan fingerprint density at radius 1 is 1.44 bits per heavy atom. The van der Waals surface area contributed by atoms with Gasteiger partial charge in [0.25, 0.3) is 0 Å². The zero-order chi connectivity index (χ0) is 12.3. The lowest BCUT2D eigenvalue weighted by atomic mass is 9.92. The van der Waals surface area contributed by atoms with E-state index >= 15 is 0 Å². The fraction of sp³-hybridized carbons (Fsp3) is 1.00. The van der Waals surface area contributed by atoms with Crippen molar-refractivity contribution < 1.29 is 5.11 Å². The minimum absolute atomic E-state index is 0.246. The number of nitrogens with zero attached hydrogens (tertiary/aromatic N) is 2. The highest BCUT2D eigenvalue weighted by molar-refractivity contribution is 4.95. The smallest absolute Gasteiger partial charge is 0.0446 e. The zero-order valence-electron chi connectivity index (χ0n) is 11.5. The van der Waals surface area contributed by atoms with Crippen molar-refractivity contribution in [2.24, 2.45) is 0 Å². The van der Waals surface area contributed by atoms with Crippen LogP contribution in [-0.4, -0.2) is 59.3 Å². The Morgan fingerprint density at radius 3 is 2.56 bits per heavy atom. The molecule has 0 saturated carbocycles. The van der Waals surface area contributed by atoms with Gasteiger partial charge in [-0.3, -0.25) is 4.90 Å².